The number of hydrogen-bond acceptors (Lipinski definition) is 3. The summed E-state index contributed by atoms with van der Waals surface area (Å²) in [7, 11) is 0. The lowest BCUT2D eigenvalue weighted by Gasteiger charge is -2.03. The molecule has 0 aromatic heterocycles. The van der Waals surface area contributed by atoms with Gasteiger partial charge in [-0.3, -0.25) is 9.98 Å². The van der Waals surface area contributed by atoms with Crippen LogP contribution in [0.25, 0.3) is 0 Å². The van der Waals surface area contributed by atoms with Crippen LogP contribution in [0.2, 0.25) is 0 Å². The molecule has 0 radical (unpaired) electrons. The summed E-state index contributed by atoms with van der Waals surface area (Å²) in [6, 6.07) is 0. The number of nitrogens with zero attached hydrogens (tertiary/aromatic N) is 2. The van der Waals surface area contributed by atoms with Crippen molar-refractivity contribution in [2.75, 3.05) is 19.7 Å². The van der Waals surface area contributed by atoms with Crippen molar-refractivity contribution in [3.8, 4) is 0 Å². The molecule has 1 rings (SSSR count). The van der Waals surface area contributed by atoms with E-state index in [0.717, 1.165) is 31.6 Å². The molecular formula is C7H12N2O. The quantitative estimate of drug-likeness (QED) is 0.601. The van der Waals surface area contributed by atoms with Crippen LogP contribution in [0.1, 0.15) is 12.8 Å². The summed E-state index contributed by atoms with van der Waals surface area (Å²) in [5, 5.41) is 8.50. The predicted molar refractivity (Wildman–Crippen MR) is 42.0 cm³/mol. The third-order valence-corrected chi connectivity index (χ3v) is 1.38. The van der Waals surface area contributed by atoms with Crippen molar-refractivity contribution < 1.29 is 5.11 Å². The van der Waals surface area contributed by atoms with Gasteiger partial charge in [0.25, 0.3) is 0 Å². The summed E-state index contributed by atoms with van der Waals surface area (Å²) in [6.45, 7) is 1.88. The minimum atomic E-state index is 0.243. The van der Waals surface area contributed by atoms with E-state index in [9.17, 15) is 0 Å². The third kappa shape index (κ3) is 2.27. The molecule has 1 aliphatic heterocycles. The van der Waals surface area contributed by atoms with Crippen LogP contribution in [-0.2, 0) is 0 Å². The fraction of sp³-hybridized carbons (Fsp3) is 0.714. The van der Waals surface area contributed by atoms with Crippen LogP contribution in [-0.4, -0.2) is 36.7 Å². The average molecular weight is 140 g/mol. The molecule has 56 valence electrons. The smallest absolute Gasteiger partial charge is 0.0589 e. The molecule has 1 aliphatic rings. The monoisotopic (exact) mass is 140 g/mol. The van der Waals surface area contributed by atoms with Gasteiger partial charge in [0.2, 0.25) is 0 Å². The Bertz CT molecular complexity index is 152. The first-order valence-electron chi connectivity index (χ1n) is 3.57. The second-order valence-electron chi connectivity index (χ2n) is 2.24. The molecule has 0 fully saturated rings. The van der Waals surface area contributed by atoms with Gasteiger partial charge in [-0.2, -0.15) is 0 Å². The van der Waals surface area contributed by atoms with E-state index in [4.69, 9.17) is 5.11 Å². The highest BCUT2D eigenvalue weighted by Gasteiger charge is 1.97. The van der Waals surface area contributed by atoms with Gasteiger partial charge in [-0.15, -0.1) is 0 Å². The van der Waals surface area contributed by atoms with Gasteiger partial charge in [0.05, 0.1) is 18.8 Å². The maximum absolute atomic E-state index is 8.50. The molecule has 3 nitrogen and oxygen atoms in total. The van der Waals surface area contributed by atoms with Gasteiger partial charge < -0.3 is 5.11 Å². The van der Waals surface area contributed by atoms with Gasteiger partial charge in [-0.1, -0.05) is 0 Å². The molecule has 0 saturated heterocycles. The van der Waals surface area contributed by atoms with Gasteiger partial charge in [-0.05, 0) is 12.8 Å². The van der Waals surface area contributed by atoms with Crippen molar-refractivity contribution >= 4 is 11.9 Å². The Kier molecular flexibility index (Phi) is 3.09. The molecule has 0 aliphatic carbocycles. The number of aliphatic hydroxyl groups is 1. The largest absolute Gasteiger partial charge is 0.396 e. The molecule has 0 aromatic rings. The Morgan fingerprint density at radius 3 is 3.00 bits per heavy atom. The average Bonchev–Trinajstić information content (AvgIpc) is 2.03. The molecule has 0 amide bonds. The number of hydrogen-bond donors (Lipinski definition) is 1. The Morgan fingerprint density at radius 2 is 2.40 bits per heavy atom. The van der Waals surface area contributed by atoms with E-state index in [0.29, 0.717) is 0 Å². The summed E-state index contributed by atoms with van der Waals surface area (Å²) in [6.07, 6.45) is 3.46. The van der Waals surface area contributed by atoms with Crippen molar-refractivity contribution in [2.24, 2.45) is 9.98 Å². The van der Waals surface area contributed by atoms with Crippen molar-refractivity contribution in [3.63, 3.8) is 0 Å². The molecule has 10 heavy (non-hydrogen) atoms. The summed E-state index contributed by atoms with van der Waals surface area (Å²) in [5.41, 5.74) is 1.03. The van der Waals surface area contributed by atoms with Crippen molar-refractivity contribution in [1.29, 1.82) is 0 Å². The zero-order valence-corrected chi connectivity index (χ0v) is 5.95. The van der Waals surface area contributed by atoms with Crippen molar-refractivity contribution in [3.05, 3.63) is 0 Å². The molecule has 1 heterocycles. The second-order valence-corrected chi connectivity index (χ2v) is 2.24. The number of rotatable bonds is 3. The van der Waals surface area contributed by atoms with Crippen LogP contribution in [0.5, 0.6) is 0 Å². The lowest BCUT2D eigenvalue weighted by molar-refractivity contribution is 0.291. The summed E-state index contributed by atoms with van der Waals surface area (Å²) in [5.74, 6) is 0. The van der Waals surface area contributed by atoms with Gasteiger partial charge in [0.15, 0.2) is 0 Å². The van der Waals surface area contributed by atoms with Crippen LogP contribution in [0, 0.1) is 0 Å². The maximum Gasteiger partial charge on any atom is 0.0589 e. The van der Waals surface area contributed by atoms with E-state index in [1.807, 2.05) is 0 Å². The fourth-order valence-electron chi connectivity index (χ4n) is 0.866. The number of aliphatic hydroxyl groups excluding tert-OH is 1. The van der Waals surface area contributed by atoms with Crippen LogP contribution < -0.4 is 0 Å². The molecule has 0 saturated carbocycles. The molecule has 0 bridgehead atoms. The van der Waals surface area contributed by atoms with Gasteiger partial charge in [-0.25, -0.2) is 0 Å². The first kappa shape index (κ1) is 7.41. The zero-order valence-electron chi connectivity index (χ0n) is 5.95. The van der Waals surface area contributed by atoms with Crippen molar-refractivity contribution in [1.82, 2.24) is 0 Å². The standard InChI is InChI=1S/C7H12N2O/c10-5-1-2-7-6-8-3-4-9-7/h6,10H,1-5H2. The van der Waals surface area contributed by atoms with Crippen LogP contribution >= 0.6 is 0 Å². The summed E-state index contributed by atoms with van der Waals surface area (Å²) >= 11 is 0. The Labute approximate surface area is 60.5 Å². The van der Waals surface area contributed by atoms with Gasteiger partial charge in [0, 0.05) is 12.8 Å². The molecule has 0 atom stereocenters. The lowest BCUT2D eigenvalue weighted by Crippen LogP contribution is -2.09. The maximum atomic E-state index is 8.50. The zero-order chi connectivity index (χ0) is 7.23. The molecule has 1 N–H and O–H groups in total. The van der Waals surface area contributed by atoms with Gasteiger partial charge in [0.1, 0.15) is 0 Å². The number of aliphatic imine (C=N–C) groups is 2. The highest BCUT2D eigenvalue weighted by molar-refractivity contribution is 6.30. The Hall–Kier alpha value is -0.700. The van der Waals surface area contributed by atoms with Crippen LogP contribution in [0.3, 0.4) is 0 Å². The third-order valence-electron chi connectivity index (χ3n) is 1.38. The second kappa shape index (κ2) is 4.17. The molecule has 0 spiro atoms. The Morgan fingerprint density at radius 1 is 1.50 bits per heavy atom. The fourth-order valence-corrected chi connectivity index (χ4v) is 0.866. The van der Waals surface area contributed by atoms with E-state index in [-0.39, 0.29) is 6.61 Å². The first-order valence-corrected chi connectivity index (χ1v) is 3.57. The highest BCUT2D eigenvalue weighted by Crippen LogP contribution is 1.94. The SMILES string of the molecule is OCCCC1=NCCN=C1. The van der Waals surface area contributed by atoms with E-state index >= 15 is 0 Å². The van der Waals surface area contributed by atoms with Crippen LogP contribution in [0.15, 0.2) is 9.98 Å². The predicted octanol–water partition coefficient (Wildman–Crippen LogP) is 0.284. The Balaban J connectivity index is 2.26. The van der Waals surface area contributed by atoms with Crippen LogP contribution in [0.4, 0.5) is 0 Å². The minimum absolute atomic E-state index is 0.243. The highest BCUT2D eigenvalue weighted by atomic mass is 16.2. The van der Waals surface area contributed by atoms with E-state index < -0.39 is 0 Å². The van der Waals surface area contributed by atoms with Gasteiger partial charge >= 0.3 is 0 Å². The molecule has 0 aromatic carbocycles. The van der Waals surface area contributed by atoms with E-state index in [1.54, 1.807) is 6.21 Å². The van der Waals surface area contributed by atoms with E-state index in [2.05, 4.69) is 9.98 Å². The minimum Gasteiger partial charge on any atom is -0.396 e. The normalized spacial score (nSPS) is 17.1. The molecule has 0 unspecified atom stereocenters. The lowest BCUT2D eigenvalue weighted by atomic mass is 10.2. The summed E-state index contributed by atoms with van der Waals surface area (Å²) < 4.78 is 0. The molecule has 3 heteroatoms. The first-order chi connectivity index (χ1) is 4.93. The van der Waals surface area contributed by atoms with E-state index in [1.165, 1.54) is 0 Å². The summed E-state index contributed by atoms with van der Waals surface area (Å²) in [4.78, 5) is 8.30. The molecular weight excluding hydrogens is 128 g/mol. The topological polar surface area (TPSA) is 45.0 Å². The van der Waals surface area contributed by atoms with Crippen molar-refractivity contribution in [2.45, 2.75) is 12.8 Å².